The predicted molar refractivity (Wildman–Crippen MR) is 88.2 cm³/mol. The Hall–Kier alpha value is -1.19. The first kappa shape index (κ1) is 14.7. The van der Waals surface area contributed by atoms with Gasteiger partial charge in [0.15, 0.2) is 0 Å². The van der Waals surface area contributed by atoms with Crippen LogP contribution in [0.2, 0.25) is 0 Å². The third kappa shape index (κ3) is 3.19. The SMILES string of the molecule is Cc1ccc(C2CNCCC2c2ccc(Br)c(F)c2)cc1. The highest BCUT2D eigenvalue weighted by atomic mass is 79.9. The van der Waals surface area contributed by atoms with Gasteiger partial charge in [-0.25, -0.2) is 4.39 Å². The maximum Gasteiger partial charge on any atom is 0.137 e. The van der Waals surface area contributed by atoms with E-state index in [1.165, 1.54) is 11.1 Å². The van der Waals surface area contributed by atoms with Crippen LogP contribution in [-0.2, 0) is 0 Å². The molecule has 2 unspecified atom stereocenters. The first-order chi connectivity index (χ1) is 10.1. The van der Waals surface area contributed by atoms with Crippen molar-refractivity contribution in [3.63, 3.8) is 0 Å². The molecule has 2 aromatic rings. The standard InChI is InChI=1S/C18H19BrFN/c1-12-2-4-13(5-3-12)16-11-21-9-8-15(16)14-6-7-17(19)18(20)10-14/h2-7,10,15-16,21H,8-9,11H2,1H3. The van der Waals surface area contributed by atoms with E-state index < -0.39 is 0 Å². The number of hydrogen-bond acceptors (Lipinski definition) is 1. The Morgan fingerprint density at radius 3 is 2.48 bits per heavy atom. The minimum Gasteiger partial charge on any atom is -0.316 e. The molecule has 1 N–H and O–H groups in total. The number of halogens is 2. The summed E-state index contributed by atoms with van der Waals surface area (Å²) < 4.78 is 14.4. The molecule has 3 heteroatoms. The third-order valence-corrected chi connectivity index (χ3v) is 5.00. The van der Waals surface area contributed by atoms with Crippen LogP contribution in [0.3, 0.4) is 0 Å². The van der Waals surface area contributed by atoms with E-state index in [1.54, 1.807) is 6.07 Å². The van der Waals surface area contributed by atoms with Crippen molar-refractivity contribution in [2.24, 2.45) is 0 Å². The van der Waals surface area contributed by atoms with Gasteiger partial charge in [-0.05, 0) is 65.0 Å². The maximum absolute atomic E-state index is 13.9. The average Bonchev–Trinajstić information content (AvgIpc) is 2.51. The Balaban J connectivity index is 1.94. The van der Waals surface area contributed by atoms with Crippen LogP contribution >= 0.6 is 15.9 Å². The number of benzene rings is 2. The van der Waals surface area contributed by atoms with Crippen LogP contribution in [0.4, 0.5) is 4.39 Å². The smallest absolute Gasteiger partial charge is 0.137 e. The van der Waals surface area contributed by atoms with Crippen molar-refractivity contribution in [2.45, 2.75) is 25.2 Å². The fourth-order valence-electron chi connectivity index (χ4n) is 3.16. The minimum absolute atomic E-state index is 0.173. The molecule has 3 rings (SSSR count). The summed E-state index contributed by atoms with van der Waals surface area (Å²) in [6.45, 7) is 4.04. The molecule has 0 aliphatic carbocycles. The molecule has 0 saturated carbocycles. The summed E-state index contributed by atoms with van der Waals surface area (Å²) in [5.74, 6) is 0.602. The highest BCUT2D eigenvalue weighted by molar-refractivity contribution is 9.10. The topological polar surface area (TPSA) is 12.0 Å². The zero-order chi connectivity index (χ0) is 14.8. The Labute approximate surface area is 133 Å². The van der Waals surface area contributed by atoms with Crippen molar-refractivity contribution < 1.29 is 4.39 Å². The zero-order valence-corrected chi connectivity index (χ0v) is 13.7. The summed E-state index contributed by atoms with van der Waals surface area (Å²) in [7, 11) is 0. The minimum atomic E-state index is -0.173. The van der Waals surface area contributed by atoms with Crippen molar-refractivity contribution in [1.29, 1.82) is 0 Å². The van der Waals surface area contributed by atoms with E-state index in [9.17, 15) is 4.39 Å². The molecule has 1 nitrogen and oxygen atoms in total. The van der Waals surface area contributed by atoms with E-state index in [2.05, 4.69) is 52.4 Å². The van der Waals surface area contributed by atoms with E-state index in [0.717, 1.165) is 25.1 Å². The molecule has 2 atom stereocenters. The van der Waals surface area contributed by atoms with Gasteiger partial charge in [-0.15, -0.1) is 0 Å². The first-order valence-corrected chi connectivity index (χ1v) is 8.16. The Kier molecular flexibility index (Phi) is 4.41. The Morgan fingerprint density at radius 1 is 1.05 bits per heavy atom. The molecule has 21 heavy (non-hydrogen) atoms. The van der Waals surface area contributed by atoms with E-state index in [-0.39, 0.29) is 5.82 Å². The predicted octanol–water partition coefficient (Wildman–Crippen LogP) is 4.76. The maximum atomic E-state index is 13.9. The number of rotatable bonds is 2. The van der Waals surface area contributed by atoms with Gasteiger partial charge in [-0.2, -0.15) is 0 Å². The van der Waals surface area contributed by atoms with Gasteiger partial charge in [-0.3, -0.25) is 0 Å². The lowest BCUT2D eigenvalue weighted by Crippen LogP contribution is -2.34. The Morgan fingerprint density at radius 2 is 1.76 bits per heavy atom. The molecule has 1 aliphatic rings. The monoisotopic (exact) mass is 347 g/mol. The molecule has 0 bridgehead atoms. The van der Waals surface area contributed by atoms with Gasteiger partial charge in [0, 0.05) is 12.5 Å². The number of nitrogens with one attached hydrogen (secondary N) is 1. The van der Waals surface area contributed by atoms with Crippen LogP contribution < -0.4 is 5.32 Å². The second-order valence-corrected chi connectivity index (χ2v) is 6.64. The quantitative estimate of drug-likeness (QED) is 0.825. The summed E-state index contributed by atoms with van der Waals surface area (Å²) in [6.07, 6.45) is 1.04. The van der Waals surface area contributed by atoms with Crippen molar-refractivity contribution in [1.82, 2.24) is 5.32 Å². The van der Waals surface area contributed by atoms with Gasteiger partial charge in [0.25, 0.3) is 0 Å². The van der Waals surface area contributed by atoms with Crippen molar-refractivity contribution >= 4 is 15.9 Å². The van der Waals surface area contributed by atoms with Gasteiger partial charge >= 0.3 is 0 Å². The van der Waals surface area contributed by atoms with Crippen LogP contribution in [-0.4, -0.2) is 13.1 Å². The molecule has 1 aliphatic heterocycles. The fourth-order valence-corrected chi connectivity index (χ4v) is 3.41. The summed E-state index contributed by atoms with van der Waals surface area (Å²) in [5.41, 5.74) is 3.71. The van der Waals surface area contributed by atoms with Crippen molar-refractivity contribution in [2.75, 3.05) is 13.1 Å². The van der Waals surface area contributed by atoms with Crippen LogP contribution in [0, 0.1) is 12.7 Å². The second-order valence-electron chi connectivity index (χ2n) is 5.79. The molecule has 0 spiro atoms. The Bertz CT molecular complexity index is 624. The van der Waals surface area contributed by atoms with Crippen molar-refractivity contribution in [3.05, 3.63) is 69.4 Å². The lowest BCUT2D eigenvalue weighted by atomic mass is 9.77. The largest absolute Gasteiger partial charge is 0.316 e. The van der Waals surface area contributed by atoms with E-state index in [0.29, 0.717) is 16.3 Å². The summed E-state index contributed by atoms with van der Waals surface area (Å²) in [4.78, 5) is 0. The summed E-state index contributed by atoms with van der Waals surface area (Å²) in [6, 6.07) is 14.3. The lowest BCUT2D eigenvalue weighted by molar-refractivity contribution is 0.403. The van der Waals surface area contributed by atoms with E-state index >= 15 is 0 Å². The number of aryl methyl sites for hydroxylation is 1. The third-order valence-electron chi connectivity index (χ3n) is 4.36. The van der Waals surface area contributed by atoms with Gasteiger partial charge in [0.2, 0.25) is 0 Å². The number of piperidine rings is 1. The summed E-state index contributed by atoms with van der Waals surface area (Å²) >= 11 is 3.23. The molecular weight excluding hydrogens is 329 g/mol. The lowest BCUT2D eigenvalue weighted by Gasteiger charge is -2.33. The molecule has 0 amide bonds. The number of hydrogen-bond donors (Lipinski definition) is 1. The highest BCUT2D eigenvalue weighted by Gasteiger charge is 2.28. The van der Waals surface area contributed by atoms with Crippen molar-refractivity contribution in [3.8, 4) is 0 Å². The van der Waals surface area contributed by atoms with Gasteiger partial charge < -0.3 is 5.32 Å². The van der Waals surface area contributed by atoms with Crippen LogP contribution in [0.5, 0.6) is 0 Å². The van der Waals surface area contributed by atoms with Crippen LogP contribution in [0.15, 0.2) is 46.9 Å². The molecular formula is C18H19BrFN. The van der Waals surface area contributed by atoms with Gasteiger partial charge in [-0.1, -0.05) is 35.9 Å². The molecule has 2 aromatic carbocycles. The van der Waals surface area contributed by atoms with Gasteiger partial charge in [0.1, 0.15) is 5.82 Å². The molecule has 1 saturated heterocycles. The van der Waals surface area contributed by atoms with E-state index in [4.69, 9.17) is 0 Å². The summed E-state index contributed by atoms with van der Waals surface area (Å²) in [5, 5.41) is 3.47. The molecule has 1 fully saturated rings. The van der Waals surface area contributed by atoms with Gasteiger partial charge in [0.05, 0.1) is 4.47 Å². The highest BCUT2D eigenvalue weighted by Crippen LogP contribution is 2.38. The normalized spacial score (nSPS) is 22.2. The van der Waals surface area contributed by atoms with Crippen LogP contribution in [0.25, 0.3) is 0 Å². The average molecular weight is 348 g/mol. The van der Waals surface area contributed by atoms with Crippen LogP contribution in [0.1, 0.15) is 34.9 Å². The molecule has 110 valence electrons. The molecule has 0 aromatic heterocycles. The first-order valence-electron chi connectivity index (χ1n) is 7.37. The molecule has 0 radical (unpaired) electrons. The molecule has 1 heterocycles. The second kappa shape index (κ2) is 6.29. The van der Waals surface area contributed by atoms with E-state index in [1.807, 2.05) is 12.1 Å². The fraction of sp³-hybridized carbons (Fsp3) is 0.333. The zero-order valence-electron chi connectivity index (χ0n) is 12.1.